The summed E-state index contributed by atoms with van der Waals surface area (Å²) < 4.78 is 30.2. The number of carbonyl (C=O) groups is 5. The summed E-state index contributed by atoms with van der Waals surface area (Å²) in [4.78, 5) is 68.8. The molecule has 0 fully saturated rings. The standard InChI is InChI=1S/C43H49ClN6O9S/c1-24(26(3)51)46-41(55)36-22-27-8-18-37(52)33(21-27)34-23-30(13-19-38(34)53)39(42(56)47-25(2)40(54)48-36)50(4)43(57)35(7-5-6-20-45)49-60(58,59)32-16-11-29(12-17-32)28-9-14-31(44)15-10-28/h8-19,21,23-25,35-36,39,49,52-53H,5-7,20,22,45H2,1-4H3,(H,46,55)(H,47,56)(H,48,54). The smallest absolute Gasteiger partial charge is 0.248 e. The van der Waals surface area contributed by atoms with Crippen LogP contribution in [-0.2, 0) is 40.4 Å². The zero-order valence-corrected chi connectivity index (χ0v) is 35.1. The largest absolute Gasteiger partial charge is 0.507 e. The summed E-state index contributed by atoms with van der Waals surface area (Å²) in [7, 11) is -3.00. The van der Waals surface area contributed by atoms with Gasteiger partial charge in [0.05, 0.1) is 10.9 Å². The van der Waals surface area contributed by atoms with Gasteiger partial charge in [-0.05, 0) is 111 Å². The van der Waals surface area contributed by atoms with Gasteiger partial charge in [-0.3, -0.25) is 24.0 Å². The zero-order valence-electron chi connectivity index (χ0n) is 33.6. The van der Waals surface area contributed by atoms with Crippen LogP contribution in [0.25, 0.3) is 22.3 Å². The number of phenols is 2. The normalized spacial score (nSPS) is 17.9. The lowest BCUT2D eigenvalue weighted by molar-refractivity contribution is -0.141. The highest BCUT2D eigenvalue weighted by atomic mass is 35.5. The van der Waals surface area contributed by atoms with Crippen molar-refractivity contribution in [2.75, 3.05) is 13.6 Å². The van der Waals surface area contributed by atoms with Crippen LogP contribution in [0.1, 0.15) is 57.2 Å². The second-order valence-electron chi connectivity index (χ2n) is 14.8. The van der Waals surface area contributed by atoms with Crippen molar-refractivity contribution in [2.45, 2.75) is 81.6 Å². The number of benzene rings is 4. The molecular weight excluding hydrogens is 812 g/mol. The average molecular weight is 861 g/mol. The number of rotatable bonds is 13. The number of carbonyl (C=O) groups excluding carboxylic acids is 5. The van der Waals surface area contributed by atoms with Crippen LogP contribution in [0.2, 0.25) is 5.02 Å². The van der Waals surface area contributed by atoms with Gasteiger partial charge in [0.2, 0.25) is 33.7 Å². The molecule has 8 N–H and O–H groups in total. The molecule has 60 heavy (non-hydrogen) atoms. The van der Waals surface area contributed by atoms with E-state index in [1.807, 2.05) is 0 Å². The van der Waals surface area contributed by atoms with Crippen LogP contribution in [-0.4, -0.2) is 90.7 Å². The number of hydrogen-bond acceptors (Lipinski definition) is 10. The van der Waals surface area contributed by atoms with Gasteiger partial charge in [-0.15, -0.1) is 0 Å². The topological polar surface area (TPSA) is 237 Å². The van der Waals surface area contributed by atoms with Gasteiger partial charge in [0.15, 0.2) is 5.78 Å². The van der Waals surface area contributed by atoms with Gasteiger partial charge in [0.25, 0.3) is 0 Å². The minimum Gasteiger partial charge on any atom is -0.507 e. The van der Waals surface area contributed by atoms with E-state index in [9.17, 15) is 42.6 Å². The number of nitrogens with zero attached hydrogens (tertiary/aromatic N) is 1. The molecule has 15 nitrogen and oxygen atoms in total. The summed E-state index contributed by atoms with van der Waals surface area (Å²) in [5.41, 5.74) is 8.10. The van der Waals surface area contributed by atoms with E-state index in [4.69, 9.17) is 17.3 Å². The maximum absolute atomic E-state index is 14.5. The molecule has 4 bridgehead atoms. The lowest BCUT2D eigenvalue weighted by Crippen LogP contribution is -2.56. The molecule has 1 heterocycles. The van der Waals surface area contributed by atoms with Crippen molar-refractivity contribution in [3.05, 3.63) is 101 Å². The van der Waals surface area contributed by atoms with Gasteiger partial charge in [-0.25, -0.2) is 8.42 Å². The number of unbranched alkanes of at least 4 members (excludes halogenated alkanes) is 1. The molecule has 318 valence electrons. The number of sulfonamides is 1. The minimum absolute atomic E-state index is 0.0167. The van der Waals surface area contributed by atoms with Crippen LogP contribution in [0.5, 0.6) is 11.5 Å². The third kappa shape index (κ3) is 10.9. The second-order valence-corrected chi connectivity index (χ2v) is 17.0. The van der Waals surface area contributed by atoms with Crippen molar-refractivity contribution in [1.29, 1.82) is 0 Å². The Morgan fingerprint density at radius 1 is 0.883 bits per heavy atom. The van der Waals surface area contributed by atoms with Crippen molar-refractivity contribution >= 4 is 51.0 Å². The van der Waals surface area contributed by atoms with Gasteiger partial charge in [0.1, 0.15) is 35.7 Å². The molecule has 0 spiro atoms. The molecule has 5 rings (SSSR count). The Bertz CT molecular complexity index is 2360. The quantitative estimate of drug-likeness (QED) is 0.0963. The lowest BCUT2D eigenvalue weighted by Gasteiger charge is -2.32. The molecule has 1 aliphatic heterocycles. The molecule has 0 saturated heterocycles. The first-order valence-electron chi connectivity index (χ1n) is 19.3. The van der Waals surface area contributed by atoms with Crippen LogP contribution >= 0.6 is 11.6 Å². The van der Waals surface area contributed by atoms with Gasteiger partial charge < -0.3 is 36.8 Å². The van der Waals surface area contributed by atoms with Crippen molar-refractivity contribution in [1.82, 2.24) is 25.6 Å². The molecule has 17 heteroatoms. The lowest BCUT2D eigenvalue weighted by atomic mass is 9.93. The number of nitrogens with one attached hydrogen (secondary N) is 4. The van der Waals surface area contributed by atoms with Crippen LogP contribution < -0.4 is 26.4 Å². The van der Waals surface area contributed by atoms with Gasteiger partial charge in [-0.1, -0.05) is 54.4 Å². The number of likely N-dealkylation sites (N-methyl/N-ethyl adjacent to an activating group) is 1. The maximum Gasteiger partial charge on any atom is 0.248 e. The molecule has 4 amide bonds. The van der Waals surface area contributed by atoms with E-state index in [0.29, 0.717) is 23.4 Å². The predicted molar refractivity (Wildman–Crippen MR) is 226 cm³/mol. The first-order valence-corrected chi connectivity index (χ1v) is 21.2. The highest BCUT2D eigenvalue weighted by Crippen LogP contribution is 2.39. The average Bonchev–Trinajstić information content (AvgIpc) is 3.21. The fourth-order valence-electron chi connectivity index (χ4n) is 6.75. The van der Waals surface area contributed by atoms with Crippen LogP contribution in [0.3, 0.4) is 0 Å². The van der Waals surface area contributed by atoms with E-state index in [1.54, 1.807) is 36.4 Å². The Balaban J connectivity index is 1.52. The first kappa shape index (κ1) is 45.3. The number of ketones is 1. The number of aromatic hydroxyl groups is 2. The Kier molecular flexibility index (Phi) is 14.7. The SMILES string of the molecule is CC(=O)C(C)NC(=O)C1Cc2ccc(O)c(c2)-c2cc(ccc2O)C(N(C)C(=O)C(CCCCN)NS(=O)(=O)c2ccc(-c3ccc(Cl)cc3)cc2)C(=O)NC(C)C(=O)N1. The van der Waals surface area contributed by atoms with E-state index in [0.717, 1.165) is 16.0 Å². The number of hydrogen-bond donors (Lipinski definition) is 7. The molecule has 0 radical (unpaired) electrons. The fraction of sp³-hybridized carbons (Fsp3) is 0.326. The van der Waals surface area contributed by atoms with E-state index < -0.39 is 63.9 Å². The van der Waals surface area contributed by atoms with Gasteiger partial charge in [0, 0.05) is 29.6 Å². The molecule has 0 aliphatic carbocycles. The third-order valence-corrected chi connectivity index (χ3v) is 12.1. The van der Waals surface area contributed by atoms with E-state index >= 15 is 0 Å². The van der Waals surface area contributed by atoms with E-state index in [1.165, 1.54) is 76.3 Å². The number of halogens is 1. The summed E-state index contributed by atoms with van der Waals surface area (Å²) >= 11 is 6.02. The van der Waals surface area contributed by atoms with Crippen molar-refractivity contribution in [2.24, 2.45) is 5.73 Å². The summed E-state index contributed by atoms with van der Waals surface area (Å²) in [5, 5.41) is 30.5. The Morgan fingerprint density at radius 3 is 2.10 bits per heavy atom. The van der Waals surface area contributed by atoms with Crippen LogP contribution in [0.4, 0.5) is 0 Å². The summed E-state index contributed by atoms with van der Waals surface area (Å²) in [6, 6.07) is 15.3. The minimum atomic E-state index is -4.32. The number of nitrogens with two attached hydrogens (primary N) is 1. The Labute approximate surface area is 353 Å². The third-order valence-electron chi connectivity index (χ3n) is 10.3. The number of phenolic OH excluding ortho intramolecular Hbond substituents is 2. The van der Waals surface area contributed by atoms with Crippen molar-refractivity contribution in [3.8, 4) is 33.8 Å². The Morgan fingerprint density at radius 2 is 1.48 bits per heavy atom. The second kappa shape index (κ2) is 19.5. The van der Waals surface area contributed by atoms with Gasteiger partial charge >= 0.3 is 0 Å². The molecule has 5 atom stereocenters. The zero-order chi connectivity index (χ0) is 43.9. The van der Waals surface area contributed by atoms with Crippen molar-refractivity contribution < 1.29 is 42.6 Å². The molecule has 4 aromatic carbocycles. The molecule has 1 aliphatic rings. The summed E-state index contributed by atoms with van der Waals surface area (Å²) in [6.07, 6.45) is 0.747. The first-order chi connectivity index (χ1) is 28.4. The van der Waals surface area contributed by atoms with Crippen LogP contribution in [0, 0.1) is 0 Å². The highest BCUT2D eigenvalue weighted by molar-refractivity contribution is 7.89. The molecule has 5 unspecified atom stereocenters. The number of fused-ring (bicyclic) bond motifs is 5. The fourth-order valence-corrected chi connectivity index (χ4v) is 8.10. The number of amides is 4. The Hall–Kier alpha value is -5.81. The summed E-state index contributed by atoms with van der Waals surface area (Å²) in [6.45, 7) is 4.46. The van der Waals surface area contributed by atoms with Crippen LogP contribution in [0.15, 0.2) is 89.8 Å². The predicted octanol–water partition coefficient (Wildman–Crippen LogP) is 3.70. The summed E-state index contributed by atoms with van der Waals surface area (Å²) in [5.74, 6) is -3.95. The van der Waals surface area contributed by atoms with Crippen molar-refractivity contribution in [3.63, 3.8) is 0 Å². The van der Waals surface area contributed by atoms with Gasteiger partial charge in [-0.2, -0.15) is 4.72 Å². The molecule has 0 aromatic heterocycles. The molecule has 4 aromatic rings. The van der Waals surface area contributed by atoms with E-state index in [-0.39, 0.29) is 58.3 Å². The maximum atomic E-state index is 14.5. The van der Waals surface area contributed by atoms with E-state index in [2.05, 4.69) is 20.7 Å². The monoisotopic (exact) mass is 860 g/mol. The number of Topliss-reactive ketones (excluding diaryl/α,β-unsaturated/α-hetero) is 1. The molecular formula is C43H49ClN6O9S. The highest BCUT2D eigenvalue weighted by Gasteiger charge is 2.37. The molecule has 0 saturated carbocycles.